The second kappa shape index (κ2) is 6.24. The van der Waals surface area contributed by atoms with Crippen LogP contribution in [0.2, 0.25) is 0 Å². The number of hydrogen-bond acceptors (Lipinski definition) is 3. The summed E-state index contributed by atoms with van der Waals surface area (Å²) >= 11 is 0. The lowest BCUT2D eigenvalue weighted by Gasteiger charge is -2.29. The Labute approximate surface area is 142 Å². The Morgan fingerprint density at radius 1 is 0.917 bits per heavy atom. The van der Waals surface area contributed by atoms with Gasteiger partial charge >= 0.3 is 0 Å². The quantitative estimate of drug-likeness (QED) is 0.860. The lowest BCUT2D eigenvalue weighted by atomic mass is 9.95. The minimum absolute atomic E-state index is 0.150. The molecule has 0 N–H and O–H groups in total. The van der Waals surface area contributed by atoms with E-state index in [1.807, 2.05) is 37.3 Å². The van der Waals surface area contributed by atoms with E-state index in [4.69, 9.17) is 0 Å². The Morgan fingerprint density at radius 3 is 2.17 bits per heavy atom. The average Bonchev–Trinajstić information content (AvgIpc) is 2.58. The molecule has 1 aliphatic rings. The van der Waals surface area contributed by atoms with Crippen molar-refractivity contribution in [3.05, 3.63) is 71.3 Å². The van der Waals surface area contributed by atoms with Gasteiger partial charge in [0.2, 0.25) is 0 Å². The van der Waals surface area contributed by atoms with Crippen molar-refractivity contribution < 1.29 is 13.2 Å². The first-order chi connectivity index (χ1) is 11.4. The largest absolute Gasteiger partial charge is 0.268 e. The van der Waals surface area contributed by atoms with Crippen molar-refractivity contribution in [1.82, 2.24) is 4.31 Å². The van der Waals surface area contributed by atoms with Crippen LogP contribution < -0.4 is 0 Å². The maximum atomic E-state index is 12.8. The monoisotopic (exact) mass is 341 g/mol. The molecule has 1 aliphatic heterocycles. The van der Waals surface area contributed by atoms with Crippen molar-refractivity contribution in [2.75, 3.05) is 6.54 Å². The first-order valence-corrected chi connectivity index (χ1v) is 9.24. The molecule has 2 aromatic carbocycles. The SMILES string of the molecule is CC1=C(c2ccccc2)CCN(S(=O)(=O)c2ccc(C)cc2)C1=O. The molecule has 124 valence electrons. The minimum Gasteiger partial charge on any atom is -0.268 e. The van der Waals surface area contributed by atoms with Crippen molar-refractivity contribution in [3.63, 3.8) is 0 Å². The zero-order valence-electron chi connectivity index (χ0n) is 13.7. The molecule has 4 nitrogen and oxygen atoms in total. The number of amides is 1. The number of rotatable bonds is 3. The Kier molecular flexibility index (Phi) is 4.28. The summed E-state index contributed by atoms with van der Waals surface area (Å²) in [7, 11) is -3.82. The van der Waals surface area contributed by atoms with E-state index in [0.29, 0.717) is 12.0 Å². The molecule has 0 spiro atoms. The zero-order chi connectivity index (χ0) is 17.3. The van der Waals surface area contributed by atoms with Gasteiger partial charge in [-0.05, 0) is 43.5 Å². The molecular weight excluding hydrogens is 322 g/mol. The van der Waals surface area contributed by atoms with Gasteiger partial charge in [-0.25, -0.2) is 12.7 Å². The highest BCUT2D eigenvalue weighted by atomic mass is 32.2. The van der Waals surface area contributed by atoms with Crippen molar-refractivity contribution in [3.8, 4) is 0 Å². The fraction of sp³-hybridized carbons (Fsp3) is 0.211. The molecular formula is C19H19NO3S. The number of nitrogens with zero attached hydrogens (tertiary/aromatic N) is 1. The summed E-state index contributed by atoms with van der Waals surface area (Å²) in [6.07, 6.45) is 0.521. The average molecular weight is 341 g/mol. The lowest BCUT2D eigenvalue weighted by Crippen LogP contribution is -2.41. The molecule has 1 heterocycles. The standard InChI is InChI=1S/C19H19NO3S/c1-14-8-10-17(11-9-14)24(22,23)20-13-12-18(15(2)19(20)21)16-6-4-3-5-7-16/h3-11H,12-13H2,1-2H3. The van der Waals surface area contributed by atoms with E-state index >= 15 is 0 Å². The topological polar surface area (TPSA) is 54.5 Å². The van der Waals surface area contributed by atoms with Crippen LogP contribution in [-0.4, -0.2) is 25.2 Å². The molecule has 0 atom stereocenters. The summed E-state index contributed by atoms with van der Waals surface area (Å²) in [6.45, 7) is 3.75. The van der Waals surface area contributed by atoms with Crippen LogP contribution >= 0.6 is 0 Å². The van der Waals surface area contributed by atoms with Gasteiger partial charge in [0.25, 0.3) is 15.9 Å². The third-order valence-electron chi connectivity index (χ3n) is 4.30. The summed E-state index contributed by atoms with van der Waals surface area (Å²) < 4.78 is 26.5. The summed E-state index contributed by atoms with van der Waals surface area (Å²) in [4.78, 5) is 12.8. The maximum Gasteiger partial charge on any atom is 0.266 e. The van der Waals surface area contributed by atoms with Gasteiger partial charge in [-0.15, -0.1) is 0 Å². The molecule has 0 radical (unpaired) electrons. The van der Waals surface area contributed by atoms with E-state index in [0.717, 1.165) is 21.0 Å². The molecule has 0 aliphatic carbocycles. The lowest BCUT2D eigenvalue weighted by molar-refractivity contribution is -0.122. The number of carbonyl (C=O) groups is 1. The fourth-order valence-electron chi connectivity index (χ4n) is 2.89. The Morgan fingerprint density at radius 2 is 1.54 bits per heavy atom. The second-order valence-corrected chi connectivity index (χ2v) is 7.78. The first-order valence-electron chi connectivity index (χ1n) is 7.80. The summed E-state index contributed by atoms with van der Waals surface area (Å²) in [5, 5.41) is 0. The van der Waals surface area contributed by atoms with Gasteiger partial charge in [-0.1, -0.05) is 48.0 Å². The van der Waals surface area contributed by atoms with Crippen LogP contribution in [0.25, 0.3) is 5.57 Å². The highest BCUT2D eigenvalue weighted by molar-refractivity contribution is 7.89. The molecule has 0 unspecified atom stereocenters. The molecule has 24 heavy (non-hydrogen) atoms. The van der Waals surface area contributed by atoms with Gasteiger partial charge in [-0.3, -0.25) is 4.79 Å². The first kappa shape index (κ1) is 16.5. The van der Waals surface area contributed by atoms with Crippen LogP contribution in [0.4, 0.5) is 0 Å². The second-order valence-electron chi connectivity index (χ2n) is 5.91. The molecule has 0 saturated carbocycles. The number of hydrogen-bond donors (Lipinski definition) is 0. The number of carbonyl (C=O) groups excluding carboxylic acids is 1. The van der Waals surface area contributed by atoms with Crippen LogP contribution in [0.15, 0.2) is 65.1 Å². The van der Waals surface area contributed by atoms with E-state index in [2.05, 4.69) is 0 Å². The molecule has 0 bridgehead atoms. The van der Waals surface area contributed by atoms with Crippen molar-refractivity contribution >= 4 is 21.5 Å². The van der Waals surface area contributed by atoms with Crippen molar-refractivity contribution in [2.45, 2.75) is 25.2 Å². The Balaban J connectivity index is 1.97. The maximum absolute atomic E-state index is 12.8. The number of sulfonamides is 1. The molecule has 0 fully saturated rings. The van der Waals surface area contributed by atoms with E-state index in [-0.39, 0.29) is 11.4 Å². The van der Waals surface area contributed by atoms with Gasteiger partial charge in [0, 0.05) is 12.1 Å². The molecule has 5 heteroatoms. The fourth-order valence-corrected chi connectivity index (χ4v) is 4.31. The van der Waals surface area contributed by atoms with E-state index < -0.39 is 15.9 Å². The number of aryl methyl sites for hydroxylation is 1. The summed E-state index contributed by atoms with van der Waals surface area (Å²) in [6, 6.07) is 16.2. The normalized spacial score (nSPS) is 15.8. The molecule has 3 rings (SSSR count). The highest BCUT2D eigenvalue weighted by Crippen LogP contribution is 2.31. The summed E-state index contributed by atoms with van der Waals surface area (Å²) in [5.41, 5.74) is 3.34. The van der Waals surface area contributed by atoms with E-state index in [1.165, 1.54) is 0 Å². The van der Waals surface area contributed by atoms with Gasteiger partial charge in [-0.2, -0.15) is 0 Å². The molecule has 1 amide bonds. The van der Waals surface area contributed by atoms with Gasteiger partial charge < -0.3 is 0 Å². The van der Waals surface area contributed by atoms with Gasteiger partial charge in [0.1, 0.15) is 0 Å². The van der Waals surface area contributed by atoms with Crippen LogP contribution in [0.5, 0.6) is 0 Å². The highest BCUT2D eigenvalue weighted by Gasteiger charge is 2.34. The molecule has 2 aromatic rings. The Hall–Kier alpha value is -2.40. The molecule has 0 saturated heterocycles. The van der Waals surface area contributed by atoms with Gasteiger partial charge in [0.05, 0.1) is 4.90 Å². The predicted molar refractivity (Wildman–Crippen MR) is 93.7 cm³/mol. The van der Waals surface area contributed by atoms with Crippen LogP contribution in [-0.2, 0) is 14.8 Å². The van der Waals surface area contributed by atoms with Crippen molar-refractivity contribution in [2.24, 2.45) is 0 Å². The van der Waals surface area contributed by atoms with Gasteiger partial charge in [0.15, 0.2) is 0 Å². The third kappa shape index (κ3) is 2.87. The summed E-state index contributed by atoms with van der Waals surface area (Å²) in [5.74, 6) is -0.444. The van der Waals surface area contributed by atoms with Crippen LogP contribution in [0.3, 0.4) is 0 Å². The van der Waals surface area contributed by atoms with Crippen molar-refractivity contribution in [1.29, 1.82) is 0 Å². The van der Waals surface area contributed by atoms with E-state index in [1.54, 1.807) is 31.2 Å². The van der Waals surface area contributed by atoms with Crippen LogP contribution in [0, 0.1) is 6.92 Å². The van der Waals surface area contributed by atoms with Crippen LogP contribution in [0.1, 0.15) is 24.5 Å². The third-order valence-corrected chi connectivity index (χ3v) is 6.09. The Bertz CT molecular complexity index is 897. The molecule has 0 aromatic heterocycles. The zero-order valence-corrected chi connectivity index (χ0v) is 14.5. The van der Waals surface area contributed by atoms with E-state index in [9.17, 15) is 13.2 Å². The smallest absolute Gasteiger partial charge is 0.266 e. The number of benzene rings is 2. The predicted octanol–water partition coefficient (Wildman–Crippen LogP) is 3.39. The minimum atomic E-state index is -3.82.